The van der Waals surface area contributed by atoms with Gasteiger partial charge in [-0.25, -0.2) is 19.0 Å². The van der Waals surface area contributed by atoms with E-state index in [1.165, 1.54) is 0 Å². The number of nitrogens with two attached hydrogens (primary N) is 1. The Morgan fingerprint density at radius 3 is 2.50 bits per heavy atom. The van der Waals surface area contributed by atoms with Crippen molar-refractivity contribution in [3.63, 3.8) is 0 Å². The van der Waals surface area contributed by atoms with Crippen molar-refractivity contribution < 1.29 is 13.3 Å². The fraction of sp³-hybridized carbons (Fsp3) is 0.600. The van der Waals surface area contributed by atoms with Gasteiger partial charge in [-0.1, -0.05) is 32.1 Å². The fourth-order valence-electron chi connectivity index (χ4n) is 1.22. The zero-order valence-electron chi connectivity index (χ0n) is 11.5. The number of hydrazine groups is 1. The molecule has 1 rings (SSSR count). The Kier molecular flexibility index (Phi) is 5.08. The first-order chi connectivity index (χ1) is 9.13. The lowest BCUT2D eigenvalue weighted by Gasteiger charge is -2.22. The maximum atomic E-state index is 12.1. The van der Waals surface area contributed by atoms with Gasteiger partial charge in [-0.2, -0.15) is 0 Å². The van der Waals surface area contributed by atoms with Crippen LogP contribution in [0.4, 0.5) is 10.7 Å². The average Bonchev–Trinajstić information content (AvgIpc) is 2.82. The molecule has 1 heterocycles. The molecular weight excluding hydrogens is 304 g/mol. The Balaban J connectivity index is 3.02. The molecule has 1 aromatic heterocycles. The lowest BCUT2D eigenvalue weighted by atomic mass is 9.91. The van der Waals surface area contributed by atoms with Crippen LogP contribution in [-0.2, 0) is 10.0 Å². The molecule has 8 nitrogen and oxygen atoms in total. The summed E-state index contributed by atoms with van der Waals surface area (Å²) in [4.78, 5) is 10.1. The topological polar surface area (TPSA) is 127 Å². The fourth-order valence-corrected chi connectivity index (χ4v) is 3.74. The molecule has 4 N–H and O–H groups in total. The van der Waals surface area contributed by atoms with Crippen LogP contribution in [0.15, 0.2) is 10.3 Å². The lowest BCUT2D eigenvalue weighted by molar-refractivity contribution is -0.383. The van der Waals surface area contributed by atoms with Crippen molar-refractivity contribution in [2.75, 3.05) is 12.0 Å². The number of nitrogens with one attached hydrogen (secondary N) is 2. The van der Waals surface area contributed by atoms with Gasteiger partial charge in [-0.05, 0) is 11.8 Å². The largest absolute Gasteiger partial charge is 0.310 e. The molecule has 10 heteroatoms. The SMILES string of the molecule is CCC(C)(C)CNS(=O)(=O)c1cc([N+](=O)[O-])c(NN)s1. The highest BCUT2D eigenvalue weighted by Crippen LogP contribution is 2.36. The third-order valence-electron chi connectivity index (χ3n) is 2.98. The molecule has 0 atom stereocenters. The van der Waals surface area contributed by atoms with Crippen LogP contribution in [0.1, 0.15) is 27.2 Å². The molecule has 0 spiro atoms. The van der Waals surface area contributed by atoms with Crippen LogP contribution in [0.25, 0.3) is 0 Å². The minimum absolute atomic E-state index is 0.00475. The minimum atomic E-state index is -3.78. The van der Waals surface area contributed by atoms with Crippen molar-refractivity contribution in [1.29, 1.82) is 0 Å². The number of sulfonamides is 1. The number of anilines is 1. The van der Waals surface area contributed by atoms with E-state index in [2.05, 4.69) is 10.1 Å². The van der Waals surface area contributed by atoms with Gasteiger partial charge in [0.2, 0.25) is 10.0 Å². The van der Waals surface area contributed by atoms with Crippen molar-refractivity contribution in [3.05, 3.63) is 16.2 Å². The highest BCUT2D eigenvalue weighted by molar-refractivity contribution is 7.91. The second-order valence-corrected chi connectivity index (χ2v) is 8.07. The molecule has 0 bridgehead atoms. The Labute approximate surface area is 121 Å². The van der Waals surface area contributed by atoms with Crippen LogP contribution in [0, 0.1) is 15.5 Å². The molecule has 0 aliphatic carbocycles. The first-order valence-electron chi connectivity index (χ1n) is 5.87. The average molecular weight is 322 g/mol. The molecule has 0 saturated heterocycles. The summed E-state index contributed by atoms with van der Waals surface area (Å²) in [6.07, 6.45) is 0.801. The molecule has 114 valence electrons. The van der Waals surface area contributed by atoms with E-state index >= 15 is 0 Å². The summed E-state index contributed by atoms with van der Waals surface area (Å²) in [6.45, 7) is 6.07. The van der Waals surface area contributed by atoms with E-state index in [1.807, 2.05) is 20.8 Å². The molecule has 0 unspecified atom stereocenters. The zero-order chi connectivity index (χ0) is 15.6. The molecule has 0 radical (unpaired) electrons. The Hall–Kier alpha value is -1.23. The van der Waals surface area contributed by atoms with Gasteiger partial charge in [0.15, 0.2) is 5.00 Å². The van der Waals surface area contributed by atoms with Gasteiger partial charge in [0.25, 0.3) is 0 Å². The van der Waals surface area contributed by atoms with Gasteiger partial charge >= 0.3 is 5.69 Å². The van der Waals surface area contributed by atoms with Crippen LogP contribution in [0.3, 0.4) is 0 Å². The van der Waals surface area contributed by atoms with E-state index in [1.54, 1.807) is 0 Å². The Bertz CT molecular complexity index is 594. The molecule has 0 aromatic carbocycles. The molecular formula is C10H18N4O4S2. The number of hydrogen-bond acceptors (Lipinski definition) is 7. The molecule has 0 aliphatic rings. The summed E-state index contributed by atoms with van der Waals surface area (Å²) < 4.78 is 26.5. The van der Waals surface area contributed by atoms with Crippen molar-refractivity contribution in [2.45, 2.75) is 31.4 Å². The third kappa shape index (κ3) is 3.88. The van der Waals surface area contributed by atoms with Crippen LogP contribution in [0.5, 0.6) is 0 Å². The van der Waals surface area contributed by atoms with Gasteiger partial charge < -0.3 is 5.43 Å². The molecule has 0 aliphatic heterocycles. The van der Waals surface area contributed by atoms with Crippen molar-refractivity contribution in [1.82, 2.24) is 4.72 Å². The number of nitro groups is 1. The predicted molar refractivity (Wildman–Crippen MR) is 78.0 cm³/mol. The normalized spacial score (nSPS) is 12.4. The predicted octanol–water partition coefficient (Wildman–Crippen LogP) is 1.66. The second kappa shape index (κ2) is 6.04. The maximum absolute atomic E-state index is 12.1. The zero-order valence-corrected chi connectivity index (χ0v) is 13.1. The van der Waals surface area contributed by atoms with E-state index < -0.39 is 14.9 Å². The van der Waals surface area contributed by atoms with E-state index in [4.69, 9.17) is 5.84 Å². The number of nitrogens with zero attached hydrogens (tertiary/aromatic N) is 1. The van der Waals surface area contributed by atoms with E-state index in [0.717, 1.165) is 23.8 Å². The van der Waals surface area contributed by atoms with Crippen LogP contribution in [0.2, 0.25) is 0 Å². The Morgan fingerprint density at radius 2 is 2.10 bits per heavy atom. The summed E-state index contributed by atoms with van der Waals surface area (Å²) in [5.74, 6) is 5.15. The molecule has 0 amide bonds. The summed E-state index contributed by atoms with van der Waals surface area (Å²) >= 11 is 0.725. The van der Waals surface area contributed by atoms with Gasteiger partial charge in [0, 0.05) is 12.6 Å². The van der Waals surface area contributed by atoms with E-state index in [9.17, 15) is 18.5 Å². The van der Waals surface area contributed by atoms with Crippen LogP contribution >= 0.6 is 11.3 Å². The summed E-state index contributed by atoms with van der Waals surface area (Å²) in [5, 5.41) is 10.8. The van der Waals surface area contributed by atoms with Crippen LogP contribution < -0.4 is 16.0 Å². The van der Waals surface area contributed by atoms with E-state index in [0.29, 0.717) is 0 Å². The molecule has 1 aromatic rings. The van der Waals surface area contributed by atoms with Crippen molar-refractivity contribution in [3.8, 4) is 0 Å². The molecule has 0 fully saturated rings. The lowest BCUT2D eigenvalue weighted by Crippen LogP contribution is -2.33. The summed E-state index contributed by atoms with van der Waals surface area (Å²) in [6, 6.07) is 1.00. The number of nitrogen functional groups attached to an aromatic ring is 1. The van der Waals surface area contributed by atoms with Gasteiger partial charge in [-0.15, -0.1) is 0 Å². The van der Waals surface area contributed by atoms with Gasteiger partial charge in [-0.3, -0.25) is 10.1 Å². The van der Waals surface area contributed by atoms with Crippen molar-refractivity contribution in [2.24, 2.45) is 11.3 Å². The minimum Gasteiger partial charge on any atom is -0.310 e. The first kappa shape index (κ1) is 16.8. The van der Waals surface area contributed by atoms with Gasteiger partial charge in [0.1, 0.15) is 4.21 Å². The number of rotatable bonds is 7. The number of thiophene rings is 1. The van der Waals surface area contributed by atoms with Crippen molar-refractivity contribution >= 4 is 32.0 Å². The van der Waals surface area contributed by atoms with Gasteiger partial charge in [0.05, 0.1) is 4.92 Å². The summed E-state index contributed by atoms with van der Waals surface area (Å²) in [5.41, 5.74) is 1.59. The highest BCUT2D eigenvalue weighted by atomic mass is 32.2. The maximum Gasteiger partial charge on any atom is 0.306 e. The standard InChI is InChI=1S/C10H18N4O4S2/c1-4-10(2,3)6-12-20(17,18)8-5-7(14(15)16)9(13-11)19-8/h5,12-13H,4,6,11H2,1-3H3. The Morgan fingerprint density at radius 1 is 1.50 bits per heavy atom. The third-order valence-corrected chi connectivity index (χ3v) is 5.91. The van der Waals surface area contributed by atoms with E-state index in [-0.39, 0.29) is 26.9 Å². The summed E-state index contributed by atoms with van der Waals surface area (Å²) in [7, 11) is -3.78. The smallest absolute Gasteiger partial charge is 0.306 e. The monoisotopic (exact) mass is 322 g/mol. The number of hydrogen-bond donors (Lipinski definition) is 3. The molecule has 20 heavy (non-hydrogen) atoms. The highest BCUT2D eigenvalue weighted by Gasteiger charge is 2.27. The first-order valence-corrected chi connectivity index (χ1v) is 8.17. The second-order valence-electron chi connectivity index (χ2n) is 5.02. The quantitative estimate of drug-likeness (QED) is 0.398. The molecule has 0 saturated carbocycles. The van der Waals surface area contributed by atoms with Crippen LogP contribution in [-0.4, -0.2) is 19.9 Å².